The number of hydrogen-bond donors (Lipinski definition) is 1. The van der Waals surface area contributed by atoms with Gasteiger partial charge in [0.05, 0.1) is 0 Å². The molecule has 0 aromatic rings. The molecule has 2 atom stereocenters. The van der Waals surface area contributed by atoms with Crippen LogP contribution < -0.4 is 5.32 Å². The first-order chi connectivity index (χ1) is 7.88. The Labute approximate surface area is 102 Å². The Hall–Kier alpha value is -0.0400. The van der Waals surface area contributed by atoms with Crippen LogP contribution in [0.15, 0.2) is 0 Å². The molecule has 0 spiro atoms. The van der Waals surface area contributed by atoms with Gasteiger partial charge in [-0.25, -0.2) is 0 Å². The van der Waals surface area contributed by atoms with Crippen LogP contribution in [0.25, 0.3) is 0 Å². The van der Waals surface area contributed by atoms with Crippen molar-refractivity contribution in [3.63, 3.8) is 0 Å². The molecule has 0 amide bonds. The molecule has 1 nitrogen and oxygen atoms in total. The molecule has 1 fully saturated rings. The molecule has 2 unspecified atom stereocenters. The third-order valence-corrected chi connectivity index (χ3v) is 4.16. The molecule has 1 aliphatic rings. The highest BCUT2D eigenvalue weighted by atomic mass is 14.9. The van der Waals surface area contributed by atoms with Crippen LogP contribution in [0.1, 0.15) is 71.6 Å². The molecule has 1 aliphatic carbocycles. The Kier molecular flexibility index (Phi) is 7.92. The second-order valence-corrected chi connectivity index (χ2v) is 5.46. The second-order valence-electron chi connectivity index (χ2n) is 5.46. The quantitative estimate of drug-likeness (QED) is 0.544. The molecule has 1 N–H and O–H groups in total. The van der Waals surface area contributed by atoms with Crippen LogP contribution in [0, 0.1) is 11.8 Å². The predicted octanol–water partition coefficient (Wildman–Crippen LogP) is 4.37. The molecule has 16 heavy (non-hydrogen) atoms. The van der Waals surface area contributed by atoms with E-state index in [2.05, 4.69) is 19.2 Å². The maximum absolute atomic E-state index is 3.50. The summed E-state index contributed by atoms with van der Waals surface area (Å²) in [6, 6.07) is 0. The summed E-state index contributed by atoms with van der Waals surface area (Å²) in [4.78, 5) is 0. The van der Waals surface area contributed by atoms with Crippen LogP contribution in [0.3, 0.4) is 0 Å². The lowest BCUT2D eigenvalue weighted by Gasteiger charge is -2.37. The van der Waals surface area contributed by atoms with Gasteiger partial charge < -0.3 is 5.32 Å². The van der Waals surface area contributed by atoms with Crippen molar-refractivity contribution in [2.75, 3.05) is 13.1 Å². The lowest BCUT2D eigenvalue weighted by molar-refractivity contribution is 0.157. The summed E-state index contributed by atoms with van der Waals surface area (Å²) in [7, 11) is 0. The Morgan fingerprint density at radius 2 is 1.56 bits per heavy atom. The zero-order chi connectivity index (χ0) is 11.6. The molecular formula is C15H31N. The average molecular weight is 225 g/mol. The Balaban J connectivity index is 1.89. The monoisotopic (exact) mass is 225 g/mol. The van der Waals surface area contributed by atoms with Gasteiger partial charge in [0.25, 0.3) is 0 Å². The third kappa shape index (κ3) is 5.34. The summed E-state index contributed by atoms with van der Waals surface area (Å²) in [6.45, 7) is 6.92. The number of nitrogens with one attached hydrogen (secondary N) is 1. The first-order valence-electron chi connectivity index (χ1n) is 7.59. The zero-order valence-electron chi connectivity index (χ0n) is 11.4. The first kappa shape index (κ1) is 14.0. The fourth-order valence-corrected chi connectivity index (χ4v) is 2.80. The zero-order valence-corrected chi connectivity index (χ0v) is 11.4. The van der Waals surface area contributed by atoms with Crippen LogP contribution in [-0.4, -0.2) is 13.1 Å². The highest BCUT2D eigenvalue weighted by Crippen LogP contribution is 2.37. The van der Waals surface area contributed by atoms with Crippen molar-refractivity contribution in [1.29, 1.82) is 0 Å². The molecule has 0 radical (unpaired) electrons. The van der Waals surface area contributed by atoms with Gasteiger partial charge in [-0.05, 0) is 37.8 Å². The Morgan fingerprint density at radius 3 is 2.19 bits per heavy atom. The van der Waals surface area contributed by atoms with E-state index in [0.29, 0.717) is 0 Å². The molecule has 0 saturated heterocycles. The average Bonchev–Trinajstić information content (AvgIpc) is 2.27. The normalized spacial score (nSPS) is 24.4. The maximum atomic E-state index is 3.50. The van der Waals surface area contributed by atoms with Crippen LogP contribution in [0.2, 0.25) is 0 Å². The first-order valence-corrected chi connectivity index (χ1v) is 7.59. The van der Waals surface area contributed by atoms with E-state index < -0.39 is 0 Å². The fourth-order valence-electron chi connectivity index (χ4n) is 2.80. The number of rotatable bonds is 10. The van der Waals surface area contributed by atoms with Gasteiger partial charge in [0.15, 0.2) is 0 Å². The molecule has 0 heterocycles. The molecule has 0 aromatic heterocycles. The van der Waals surface area contributed by atoms with Gasteiger partial charge in [-0.1, -0.05) is 58.8 Å². The lowest BCUT2D eigenvalue weighted by Crippen LogP contribution is -2.35. The van der Waals surface area contributed by atoms with Gasteiger partial charge >= 0.3 is 0 Å². The van der Waals surface area contributed by atoms with E-state index >= 15 is 0 Å². The summed E-state index contributed by atoms with van der Waals surface area (Å²) in [5.41, 5.74) is 0. The van der Waals surface area contributed by atoms with E-state index in [1.807, 2.05) is 0 Å². The molecule has 0 aliphatic heterocycles. The molecule has 0 bridgehead atoms. The molecule has 96 valence electrons. The largest absolute Gasteiger partial charge is 0.317 e. The summed E-state index contributed by atoms with van der Waals surface area (Å²) in [5.74, 6) is 2.07. The summed E-state index contributed by atoms with van der Waals surface area (Å²) < 4.78 is 0. The number of hydrogen-bond acceptors (Lipinski definition) is 1. The van der Waals surface area contributed by atoms with Crippen molar-refractivity contribution in [3.8, 4) is 0 Å². The van der Waals surface area contributed by atoms with E-state index in [9.17, 15) is 0 Å². The maximum Gasteiger partial charge on any atom is -0.00180 e. The van der Waals surface area contributed by atoms with E-state index in [1.54, 1.807) is 0 Å². The summed E-state index contributed by atoms with van der Waals surface area (Å²) in [6.07, 6.45) is 13.2. The minimum Gasteiger partial charge on any atom is -0.317 e. The number of unbranched alkanes of at least 4 members (excludes halogenated alkanes) is 5. The smallest absolute Gasteiger partial charge is 0.00180 e. The van der Waals surface area contributed by atoms with Crippen molar-refractivity contribution < 1.29 is 0 Å². The van der Waals surface area contributed by atoms with Gasteiger partial charge in [0, 0.05) is 0 Å². The van der Waals surface area contributed by atoms with E-state index in [0.717, 1.165) is 18.4 Å². The minimum atomic E-state index is 1.01. The standard InChI is InChI=1S/C15H31N/c1-3-5-6-7-8-9-10-14-11-12-15(14)13-16-4-2/h14-16H,3-13H2,1-2H3. The topological polar surface area (TPSA) is 12.0 Å². The van der Waals surface area contributed by atoms with Crippen molar-refractivity contribution in [2.24, 2.45) is 11.8 Å². The Bertz CT molecular complexity index is 156. The highest BCUT2D eigenvalue weighted by Gasteiger charge is 2.29. The molecule has 1 heteroatoms. The SMILES string of the molecule is CCCCCCCCC1CCC1CNCC. The van der Waals surface area contributed by atoms with E-state index in [-0.39, 0.29) is 0 Å². The van der Waals surface area contributed by atoms with Gasteiger partial charge in [0.2, 0.25) is 0 Å². The van der Waals surface area contributed by atoms with Crippen molar-refractivity contribution in [2.45, 2.75) is 71.6 Å². The van der Waals surface area contributed by atoms with Gasteiger partial charge in [0.1, 0.15) is 0 Å². The minimum absolute atomic E-state index is 1.01. The fraction of sp³-hybridized carbons (Fsp3) is 1.00. The molecular weight excluding hydrogens is 194 g/mol. The summed E-state index contributed by atoms with van der Waals surface area (Å²) >= 11 is 0. The second kappa shape index (κ2) is 9.04. The van der Waals surface area contributed by atoms with E-state index in [1.165, 1.54) is 64.3 Å². The molecule has 1 rings (SSSR count). The van der Waals surface area contributed by atoms with Gasteiger partial charge in [-0.15, -0.1) is 0 Å². The highest BCUT2D eigenvalue weighted by molar-refractivity contribution is 4.81. The Morgan fingerprint density at radius 1 is 0.875 bits per heavy atom. The van der Waals surface area contributed by atoms with Crippen molar-refractivity contribution >= 4 is 0 Å². The van der Waals surface area contributed by atoms with Gasteiger partial charge in [-0.3, -0.25) is 0 Å². The van der Waals surface area contributed by atoms with Gasteiger partial charge in [-0.2, -0.15) is 0 Å². The van der Waals surface area contributed by atoms with Crippen LogP contribution in [0.4, 0.5) is 0 Å². The summed E-state index contributed by atoms with van der Waals surface area (Å²) in [5, 5.41) is 3.50. The van der Waals surface area contributed by atoms with E-state index in [4.69, 9.17) is 0 Å². The molecule has 0 aromatic carbocycles. The van der Waals surface area contributed by atoms with Crippen molar-refractivity contribution in [3.05, 3.63) is 0 Å². The van der Waals surface area contributed by atoms with Crippen LogP contribution >= 0.6 is 0 Å². The molecule has 1 saturated carbocycles. The third-order valence-electron chi connectivity index (χ3n) is 4.16. The lowest BCUT2D eigenvalue weighted by atomic mass is 9.71. The predicted molar refractivity (Wildman–Crippen MR) is 72.8 cm³/mol. The van der Waals surface area contributed by atoms with Crippen LogP contribution in [0.5, 0.6) is 0 Å². The van der Waals surface area contributed by atoms with Crippen LogP contribution in [-0.2, 0) is 0 Å². The van der Waals surface area contributed by atoms with Crippen molar-refractivity contribution in [1.82, 2.24) is 5.32 Å².